The van der Waals surface area contributed by atoms with Gasteiger partial charge in [-0.1, -0.05) is 0 Å². The van der Waals surface area contributed by atoms with Gasteiger partial charge in [-0.15, -0.1) is 0 Å². The van der Waals surface area contributed by atoms with Crippen LogP contribution in [0.1, 0.15) is 40.5 Å². The second-order valence-electron chi connectivity index (χ2n) is 6.63. The molecule has 138 valence electrons. The van der Waals surface area contributed by atoms with Gasteiger partial charge >= 0.3 is 12.1 Å². The number of aliphatic imine (C=N–C) groups is 1. The van der Waals surface area contributed by atoms with Gasteiger partial charge in [-0.05, 0) is 34.1 Å². The molecule has 24 heavy (non-hydrogen) atoms. The van der Waals surface area contributed by atoms with E-state index in [9.17, 15) is 9.59 Å². The maximum absolute atomic E-state index is 11.9. The summed E-state index contributed by atoms with van der Waals surface area (Å²) in [4.78, 5) is 28.9. The zero-order chi connectivity index (χ0) is 18.2. The van der Waals surface area contributed by atoms with Crippen molar-refractivity contribution in [3.63, 3.8) is 0 Å². The minimum atomic E-state index is -0.480. The first kappa shape index (κ1) is 20.1. The number of amides is 1. The van der Waals surface area contributed by atoms with Gasteiger partial charge in [0, 0.05) is 33.1 Å². The van der Waals surface area contributed by atoms with Crippen molar-refractivity contribution >= 4 is 18.0 Å². The first-order valence-corrected chi connectivity index (χ1v) is 8.36. The fourth-order valence-corrected chi connectivity index (χ4v) is 2.11. The number of hydrogen-bond donors (Lipinski definition) is 2. The van der Waals surface area contributed by atoms with E-state index in [0.29, 0.717) is 45.0 Å². The molecule has 1 aliphatic heterocycles. The van der Waals surface area contributed by atoms with Crippen LogP contribution in [0.15, 0.2) is 4.99 Å². The van der Waals surface area contributed by atoms with Crippen LogP contribution in [0.3, 0.4) is 0 Å². The van der Waals surface area contributed by atoms with Crippen molar-refractivity contribution < 1.29 is 19.1 Å². The lowest BCUT2D eigenvalue weighted by molar-refractivity contribution is -0.143. The van der Waals surface area contributed by atoms with Crippen molar-refractivity contribution in [3.05, 3.63) is 0 Å². The lowest BCUT2D eigenvalue weighted by atomic mass is 10.1. The predicted octanol–water partition coefficient (Wildman–Crippen LogP) is 1.11. The number of likely N-dealkylation sites (tertiary alicyclic amines) is 1. The molecule has 1 saturated heterocycles. The molecule has 1 rings (SSSR count). The third-order valence-electron chi connectivity index (χ3n) is 3.25. The molecule has 8 nitrogen and oxygen atoms in total. The molecule has 0 aromatic carbocycles. The predicted molar refractivity (Wildman–Crippen MR) is 92.0 cm³/mol. The van der Waals surface area contributed by atoms with Crippen molar-refractivity contribution in [1.29, 1.82) is 0 Å². The standard InChI is InChI=1S/C16H30N4O4/c1-6-23-13(21)8-7-9-18-14(17-5)19-12-10-20(11-12)15(22)24-16(2,3)4/h12H,6-11H2,1-5H3,(H2,17,18,19). The molecular formula is C16H30N4O4. The largest absolute Gasteiger partial charge is 0.466 e. The summed E-state index contributed by atoms with van der Waals surface area (Å²) in [6, 6.07) is 0.147. The van der Waals surface area contributed by atoms with Gasteiger partial charge < -0.3 is 25.0 Å². The Hall–Kier alpha value is -1.99. The van der Waals surface area contributed by atoms with E-state index in [-0.39, 0.29) is 18.1 Å². The van der Waals surface area contributed by atoms with Gasteiger partial charge in [0.15, 0.2) is 5.96 Å². The molecule has 1 heterocycles. The third kappa shape index (κ3) is 7.52. The SMILES string of the molecule is CCOC(=O)CCCNC(=NC)NC1CN(C(=O)OC(C)(C)C)C1. The minimum absolute atomic E-state index is 0.147. The Morgan fingerprint density at radius 3 is 2.50 bits per heavy atom. The van der Waals surface area contributed by atoms with Gasteiger partial charge in [0.1, 0.15) is 5.60 Å². The molecule has 0 radical (unpaired) electrons. The van der Waals surface area contributed by atoms with E-state index in [4.69, 9.17) is 9.47 Å². The number of nitrogens with one attached hydrogen (secondary N) is 2. The van der Waals surface area contributed by atoms with Crippen LogP contribution in [0.25, 0.3) is 0 Å². The van der Waals surface area contributed by atoms with Crippen molar-refractivity contribution in [2.45, 2.75) is 52.2 Å². The molecule has 0 bridgehead atoms. The van der Waals surface area contributed by atoms with E-state index in [1.165, 1.54) is 0 Å². The van der Waals surface area contributed by atoms with Crippen molar-refractivity contribution in [2.75, 3.05) is 33.3 Å². The van der Waals surface area contributed by atoms with E-state index in [1.54, 1.807) is 18.9 Å². The van der Waals surface area contributed by atoms with Crippen LogP contribution in [-0.2, 0) is 14.3 Å². The molecule has 0 aliphatic carbocycles. The Bertz CT molecular complexity index is 453. The van der Waals surface area contributed by atoms with Gasteiger partial charge in [0.25, 0.3) is 0 Å². The number of carbonyl (C=O) groups excluding carboxylic acids is 2. The summed E-state index contributed by atoms with van der Waals surface area (Å²) in [7, 11) is 1.69. The molecule has 0 saturated carbocycles. The topological polar surface area (TPSA) is 92.3 Å². The molecule has 0 unspecified atom stereocenters. The molecule has 1 fully saturated rings. The van der Waals surface area contributed by atoms with Crippen LogP contribution in [0, 0.1) is 0 Å². The average Bonchev–Trinajstić information content (AvgIpc) is 2.42. The van der Waals surface area contributed by atoms with Crippen molar-refractivity contribution in [1.82, 2.24) is 15.5 Å². The number of rotatable bonds is 6. The normalized spacial score (nSPS) is 15.5. The zero-order valence-corrected chi connectivity index (χ0v) is 15.3. The summed E-state index contributed by atoms with van der Waals surface area (Å²) in [6.45, 7) is 9.54. The van der Waals surface area contributed by atoms with Crippen molar-refractivity contribution in [2.24, 2.45) is 4.99 Å². The molecule has 0 aromatic heterocycles. The molecule has 1 aliphatic rings. The highest BCUT2D eigenvalue weighted by molar-refractivity contribution is 5.80. The monoisotopic (exact) mass is 342 g/mol. The first-order chi connectivity index (χ1) is 11.2. The van der Waals surface area contributed by atoms with Gasteiger partial charge in [0.2, 0.25) is 0 Å². The van der Waals surface area contributed by atoms with Crippen LogP contribution in [0.2, 0.25) is 0 Å². The molecule has 0 atom stereocenters. The summed E-state index contributed by atoms with van der Waals surface area (Å²) in [5.74, 6) is 0.474. The number of carbonyl (C=O) groups is 2. The molecule has 0 spiro atoms. The fraction of sp³-hybridized carbons (Fsp3) is 0.812. The van der Waals surface area contributed by atoms with E-state index in [1.807, 2.05) is 20.8 Å². The number of nitrogens with zero attached hydrogens (tertiary/aromatic N) is 2. The summed E-state index contributed by atoms with van der Waals surface area (Å²) < 4.78 is 10.2. The van der Waals surface area contributed by atoms with Crippen LogP contribution in [0.5, 0.6) is 0 Å². The molecule has 8 heteroatoms. The lowest BCUT2D eigenvalue weighted by Gasteiger charge is -2.40. The number of guanidine groups is 1. The fourth-order valence-electron chi connectivity index (χ4n) is 2.11. The zero-order valence-electron chi connectivity index (χ0n) is 15.3. The van der Waals surface area contributed by atoms with E-state index < -0.39 is 5.60 Å². The van der Waals surface area contributed by atoms with E-state index in [0.717, 1.165) is 0 Å². The first-order valence-electron chi connectivity index (χ1n) is 8.36. The Balaban J connectivity index is 2.20. The Kier molecular flexibility index (Phi) is 7.81. The molecule has 2 N–H and O–H groups in total. The number of ether oxygens (including phenoxy) is 2. The summed E-state index contributed by atoms with van der Waals surface area (Å²) in [5.41, 5.74) is -0.480. The van der Waals surface area contributed by atoms with Crippen LogP contribution >= 0.6 is 0 Å². The van der Waals surface area contributed by atoms with Gasteiger partial charge in [0.05, 0.1) is 12.6 Å². The third-order valence-corrected chi connectivity index (χ3v) is 3.25. The summed E-state index contributed by atoms with van der Waals surface area (Å²) in [6.07, 6.45) is 0.764. The van der Waals surface area contributed by atoms with Crippen LogP contribution in [-0.4, -0.2) is 67.9 Å². The van der Waals surface area contributed by atoms with Crippen molar-refractivity contribution in [3.8, 4) is 0 Å². The van der Waals surface area contributed by atoms with Gasteiger partial charge in [-0.2, -0.15) is 0 Å². The number of esters is 1. The maximum Gasteiger partial charge on any atom is 0.410 e. The molecule has 1 amide bonds. The highest BCUT2D eigenvalue weighted by Crippen LogP contribution is 2.15. The van der Waals surface area contributed by atoms with Gasteiger partial charge in [-0.25, -0.2) is 4.79 Å². The smallest absolute Gasteiger partial charge is 0.410 e. The maximum atomic E-state index is 11.9. The Labute approximate surface area is 144 Å². The Morgan fingerprint density at radius 2 is 1.96 bits per heavy atom. The minimum Gasteiger partial charge on any atom is -0.466 e. The molecular weight excluding hydrogens is 312 g/mol. The second-order valence-corrected chi connectivity index (χ2v) is 6.63. The van der Waals surface area contributed by atoms with Crippen LogP contribution < -0.4 is 10.6 Å². The highest BCUT2D eigenvalue weighted by Gasteiger charge is 2.34. The molecule has 0 aromatic rings. The average molecular weight is 342 g/mol. The summed E-state index contributed by atoms with van der Waals surface area (Å²) in [5, 5.41) is 6.38. The summed E-state index contributed by atoms with van der Waals surface area (Å²) >= 11 is 0. The quantitative estimate of drug-likeness (QED) is 0.325. The lowest BCUT2D eigenvalue weighted by Crippen LogP contribution is -2.63. The number of hydrogen-bond acceptors (Lipinski definition) is 5. The Morgan fingerprint density at radius 1 is 1.29 bits per heavy atom. The second kappa shape index (κ2) is 9.34. The van der Waals surface area contributed by atoms with E-state index >= 15 is 0 Å². The van der Waals surface area contributed by atoms with Gasteiger partial charge in [-0.3, -0.25) is 9.79 Å². The van der Waals surface area contributed by atoms with Crippen LogP contribution in [0.4, 0.5) is 4.79 Å². The highest BCUT2D eigenvalue weighted by atomic mass is 16.6. The van der Waals surface area contributed by atoms with E-state index in [2.05, 4.69) is 15.6 Å².